The highest BCUT2D eigenvalue weighted by Crippen LogP contribution is 2.22. The van der Waals surface area contributed by atoms with Crippen LogP contribution in [0.5, 0.6) is 0 Å². The van der Waals surface area contributed by atoms with E-state index in [1.165, 1.54) is 22.6 Å². The van der Waals surface area contributed by atoms with Crippen LogP contribution in [0.15, 0.2) is 59.1 Å². The summed E-state index contributed by atoms with van der Waals surface area (Å²) >= 11 is 0. The number of quaternary nitrogens is 1. The lowest BCUT2D eigenvalue weighted by molar-refractivity contribution is -0.892. The lowest BCUT2D eigenvalue weighted by Gasteiger charge is -2.33. The molecule has 0 spiro atoms. The fourth-order valence-corrected chi connectivity index (χ4v) is 3.51. The molecule has 0 radical (unpaired) electrons. The zero-order valence-corrected chi connectivity index (χ0v) is 16.3. The summed E-state index contributed by atoms with van der Waals surface area (Å²) in [5, 5.41) is 6.83. The van der Waals surface area contributed by atoms with Gasteiger partial charge in [0, 0.05) is 17.3 Å². The van der Waals surface area contributed by atoms with Crippen molar-refractivity contribution in [3.8, 4) is 11.3 Å². The Kier molecular flexibility index (Phi) is 5.57. The Morgan fingerprint density at radius 1 is 1.14 bits per heavy atom. The fourth-order valence-electron chi connectivity index (χ4n) is 3.51. The highest BCUT2D eigenvalue weighted by atomic mass is 19.1. The number of amides is 1. The number of nitrogens with zero attached hydrogens (tertiary/aromatic N) is 2. The Hall–Kier alpha value is -3.19. The number of aromatic nitrogens is 1. The van der Waals surface area contributed by atoms with Gasteiger partial charge in [0.25, 0.3) is 5.91 Å². The average Bonchev–Trinajstić information content (AvgIpc) is 3.18. The quantitative estimate of drug-likeness (QED) is 0.695. The standard InChI is InChI=1S/C22H23FN4O2/c1-16-2-4-17(5-3-16)20-14-22(29-25-20)24-21(28)15-26-10-12-27(13-11-26)19-8-6-18(23)7-9-19/h2-9,14H,10-13,15H2,1H3,(H,24,28)/p+1. The molecule has 0 bridgehead atoms. The Morgan fingerprint density at radius 2 is 1.83 bits per heavy atom. The summed E-state index contributed by atoms with van der Waals surface area (Å²) in [6, 6.07) is 16.3. The molecule has 6 nitrogen and oxygen atoms in total. The molecule has 1 fully saturated rings. The Balaban J connectivity index is 1.27. The number of hydrogen-bond donors (Lipinski definition) is 2. The van der Waals surface area contributed by atoms with Gasteiger partial charge in [-0.15, -0.1) is 0 Å². The second-order valence-corrected chi connectivity index (χ2v) is 7.38. The molecular weight excluding hydrogens is 371 g/mol. The van der Waals surface area contributed by atoms with Crippen LogP contribution in [-0.2, 0) is 4.79 Å². The topological polar surface area (TPSA) is 62.8 Å². The summed E-state index contributed by atoms with van der Waals surface area (Å²) < 4.78 is 18.3. The first-order valence-electron chi connectivity index (χ1n) is 9.74. The summed E-state index contributed by atoms with van der Waals surface area (Å²) in [4.78, 5) is 15.8. The third-order valence-corrected chi connectivity index (χ3v) is 5.19. The number of anilines is 2. The molecule has 150 valence electrons. The minimum Gasteiger partial charge on any atom is -0.360 e. The van der Waals surface area contributed by atoms with Gasteiger partial charge in [0.15, 0.2) is 6.54 Å². The number of nitrogens with one attached hydrogen (secondary N) is 2. The fraction of sp³-hybridized carbons (Fsp3) is 0.273. The largest absolute Gasteiger partial charge is 0.360 e. The summed E-state index contributed by atoms with van der Waals surface area (Å²) in [5.41, 5.74) is 3.83. The van der Waals surface area contributed by atoms with Crippen molar-refractivity contribution in [3.63, 3.8) is 0 Å². The average molecular weight is 395 g/mol. The molecule has 1 saturated heterocycles. The number of benzene rings is 2. The van der Waals surface area contributed by atoms with Crippen molar-refractivity contribution in [2.24, 2.45) is 0 Å². The third-order valence-electron chi connectivity index (χ3n) is 5.19. The van der Waals surface area contributed by atoms with Crippen LogP contribution in [0.25, 0.3) is 11.3 Å². The summed E-state index contributed by atoms with van der Waals surface area (Å²) in [6.07, 6.45) is 0. The van der Waals surface area contributed by atoms with E-state index in [1.807, 2.05) is 31.2 Å². The molecule has 2 heterocycles. The molecular formula is C22H24FN4O2+. The molecule has 0 unspecified atom stereocenters. The molecule has 0 saturated carbocycles. The van der Waals surface area contributed by atoms with Crippen LogP contribution in [-0.4, -0.2) is 43.8 Å². The molecule has 7 heteroatoms. The van der Waals surface area contributed by atoms with E-state index in [0.29, 0.717) is 18.1 Å². The molecule has 0 aliphatic carbocycles. The molecule has 2 N–H and O–H groups in total. The maximum absolute atomic E-state index is 13.1. The SMILES string of the molecule is Cc1ccc(-c2cc(NC(=O)C[NH+]3CCN(c4ccc(F)cc4)CC3)on2)cc1. The van der Waals surface area contributed by atoms with Crippen molar-refractivity contribution >= 4 is 17.5 Å². The predicted octanol–water partition coefficient (Wildman–Crippen LogP) is 2.13. The van der Waals surface area contributed by atoms with Gasteiger partial charge in [-0.2, -0.15) is 0 Å². The molecule has 1 aliphatic heterocycles. The van der Waals surface area contributed by atoms with Crippen molar-refractivity contribution in [1.82, 2.24) is 5.16 Å². The van der Waals surface area contributed by atoms with Gasteiger partial charge >= 0.3 is 0 Å². The number of hydrogen-bond acceptors (Lipinski definition) is 4. The van der Waals surface area contributed by atoms with Crippen molar-refractivity contribution in [2.45, 2.75) is 6.92 Å². The molecule has 1 aliphatic rings. The van der Waals surface area contributed by atoms with E-state index in [9.17, 15) is 9.18 Å². The smallest absolute Gasteiger partial charge is 0.281 e. The Bertz CT molecular complexity index is 961. The first kappa shape index (κ1) is 19.1. The molecule has 3 aromatic rings. The molecule has 1 aromatic heterocycles. The van der Waals surface area contributed by atoms with Gasteiger partial charge in [0.1, 0.15) is 11.5 Å². The Morgan fingerprint density at radius 3 is 2.52 bits per heavy atom. The number of carbonyl (C=O) groups excluding carboxylic acids is 1. The van der Waals surface area contributed by atoms with Crippen molar-refractivity contribution < 1.29 is 18.6 Å². The maximum atomic E-state index is 13.1. The molecule has 1 amide bonds. The highest BCUT2D eigenvalue weighted by molar-refractivity contribution is 5.90. The molecule has 2 aromatic carbocycles. The van der Waals surface area contributed by atoms with Crippen LogP contribution >= 0.6 is 0 Å². The second kappa shape index (κ2) is 8.45. The van der Waals surface area contributed by atoms with E-state index < -0.39 is 0 Å². The lowest BCUT2D eigenvalue weighted by Crippen LogP contribution is -3.15. The van der Waals surface area contributed by atoms with Crippen LogP contribution in [0, 0.1) is 12.7 Å². The van der Waals surface area contributed by atoms with E-state index in [0.717, 1.165) is 37.4 Å². The highest BCUT2D eigenvalue weighted by Gasteiger charge is 2.23. The number of rotatable bonds is 5. The summed E-state index contributed by atoms with van der Waals surface area (Å²) in [6.45, 7) is 5.74. The first-order chi connectivity index (χ1) is 14.1. The van der Waals surface area contributed by atoms with Crippen LogP contribution in [0.1, 0.15) is 5.56 Å². The van der Waals surface area contributed by atoms with Crippen LogP contribution < -0.4 is 15.1 Å². The van der Waals surface area contributed by atoms with E-state index >= 15 is 0 Å². The monoisotopic (exact) mass is 395 g/mol. The van der Waals surface area contributed by atoms with E-state index in [4.69, 9.17) is 4.52 Å². The summed E-state index contributed by atoms with van der Waals surface area (Å²) in [7, 11) is 0. The van der Waals surface area contributed by atoms with Crippen LogP contribution in [0.2, 0.25) is 0 Å². The zero-order valence-electron chi connectivity index (χ0n) is 16.3. The van der Waals surface area contributed by atoms with Gasteiger partial charge < -0.3 is 14.3 Å². The van der Waals surface area contributed by atoms with Crippen molar-refractivity contribution in [3.05, 3.63) is 66.0 Å². The van der Waals surface area contributed by atoms with E-state index in [-0.39, 0.29) is 11.7 Å². The molecule has 0 atom stereocenters. The number of carbonyl (C=O) groups is 1. The van der Waals surface area contributed by atoms with Gasteiger partial charge in [-0.05, 0) is 31.2 Å². The van der Waals surface area contributed by atoms with Crippen molar-refractivity contribution in [2.75, 3.05) is 42.9 Å². The first-order valence-corrected chi connectivity index (χ1v) is 9.74. The predicted molar refractivity (Wildman–Crippen MR) is 109 cm³/mol. The normalized spacial score (nSPS) is 14.8. The van der Waals surface area contributed by atoms with Gasteiger partial charge in [0.2, 0.25) is 5.88 Å². The van der Waals surface area contributed by atoms with Crippen LogP contribution in [0.4, 0.5) is 16.0 Å². The van der Waals surface area contributed by atoms with E-state index in [2.05, 4.69) is 15.4 Å². The second-order valence-electron chi connectivity index (χ2n) is 7.38. The summed E-state index contributed by atoms with van der Waals surface area (Å²) in [5.74, 6) is 0.0318. The van der Waals surface area contributed by atoms with Gasteiger partial charge in [0.05, 0.1) is 26.2 Å². The van der Waals surface area contributed by atoms with Crippen molar-refractivity contribution in [1.29, 1.82) is 0 Å². The number of halogens is 1. The van der Waals surface area contributed by atoms with E-state index in [1.54, 1.807) is 18.2 Å². The minimum atomic E-state index is -0.229. The van der Waals surface area contributed by atoms with Crippen LogP contribution in [0.3, 0.4) is 0 Å². The van der Waals surface area contributed by atoms with Gasteiger partial charge in [-0.3, -0.25) is 10.1 Å². The van der Waals surface area contributed by atoms with Gasteiger partial charge in [-0.1, -0.05) is 35.0 Å². The molecule has 4 rings (SSSR count). The molecule has 29 heavy (non-hydrogen) atoms. The number of aryl methyl sites for hydroxylation is 1. The Labute approximate surface area is 168 Å². The zero-order chi connectivity index (χ0) is 20.2. The lowest BCUT2D eigenvalue weighted by atomic mass is 10.1. The minimum absolute atomic E-state index is 0.0955. The third kappa shape index (κ3) is 4.81. The van der Waals surface area contributed by atoms with Gasteiger partial charge in [-0.25, -0.2) is 4.39 Å². The number of piperazine rings is 1. The maximum Gasteiger partial charge on any atom is 0.281 e.